The highest BCUT2D eigenvalue weighted by Crippen LogP contribution is 2.22. The van der Waals surface area contributed by atoms with Crippen LogP contribution in [0.4, 0.5) is 0 Å². The zero-order valence-corrected chi connectivity index (χ0v) is 12.2. The lowest BCUT2D eigenvalue weighted by Gasteiger charge is -2.01. The molecule has 1 aromatic heterocycles. The van der Waals surface area contributed by atoms with E-state index in [4.69, 9.17) is 0 Å². The van der Waals surface area contributed by atoms with E-state index < -0.39 is 0 Å². The molecule has 1 heterocycles. The molecule has 0 spiro atoms. The fraction of sp³-hybridized carbons (Fsp3) is 0.0588. The second-order valence-corrected chi connectivity index (χ2v) is 5.61. The van der Waals surface area contributed by atoms with Crippen molar-refractivity contribution in [2.24, 2.45) is 0 Å². The number of thioether (sulfide) groups is 1. The van der Waals surface area contributed by atoms with Crippen LogP contribution in [0.15, 0.2) is 71.8 Å². The standard InChI is InChI=1S/C17H14N2OS/c20-12-14-6-8-17(9-7-14)21-13-15-10-11-19(18-15)16-4-2-1-3-5-16/h1-12H,13H2. The summed E-state index contributed by atoms with van der Waals surface area (Å²) >= 11 is 1.71. The smallest absolute Gasteiger partial charge is 0.150 e. The minimum atomic E-state index is 0.702. The first-order valence-corrected chi connectivity index (χ1v) is 7.62. The predicted molar refractivity (Wildman–Crippen MR) is 85.0 cm³/mol. The highest BCUT2D eigenvalue weighted by atomic mass is 32.2. The van der Waals surface area contributed by atoms with Gasteiger partial charge in [0.05, 0.1) is 11.4 Å². The monoisotopic (exact) mass is 294 g/mol. The molecular weight excluding hydrogens is 280 g/mol. The van der Waals surface area contributed by atoms with Gasteiger partial charge in [0.2, 0.25) is 0 Å². The van der Waals surface area contributed by atoms with E-state index in [1.165, 1.54) is 0 Å². The number of rotatable bonds is 5. The van der Waals surface area contributed by atoms with E-state index in [1.54, 1.807) is 11.8 Å². The minimum absolute atomic E-state index is 0.702. The van der Waals surface area contributed by atoms with Crippen LogP contribution < -0.4 is 0 Å². The summed E-state index contributed by atoms with van der Waals surface area (Å²) < 4.78 is 1.88. The minimum Gasteiger partial charge on any atom is -0.298 e. The fourth-order valence-electron chi connectivity index (χ4n) is 1.96. The molecular formula is C17H14N2OS. The van der Waals surface area contributed by atoms with Gasteiger partial charge in [0, 0.05) is 22.4 Å². The third kappa shape index (κ3) is 3.41. The fourth-order valence-corrected chi connectivity index (χ4v) is 2.76. The van der Waals surface area contributed by atoms with E-state index in [-0.39, 0.29) is 0 Å². The molecule has 0 saturated carbocycles. The van der Waals surface area contributed by atoms with Crippen molar-refractivity contribution >= 4 is 18.0 Å². The summed E-state index contributed by atoms with van der Waals surface area (Å²) in [6.45, 7) is 0. The van der Waals surface area contributed by atoms with E-state index in [2.05, 4.69) is 5.10 Å². The Labute approximate surface area is 127 Å². The van der Waals surface area contributed by atoms with Gasteiger partial charge in [-0.05, 0) is 30.3 Å². The van der Waals surface area contributed by atoms with Crippen LogP contribution in [0.1, 0.15) is 16.1 Å². The Balaban J connectivity index is 1.66. The summed E-state index contributed by atoms with van der Waals surface area (Å²) in [6, 6.07) is 19.7. The number of para-hydroxylation sites is 1. The third-order valence-corrected chi connectivity index (χ3v) is 4.11. The summed E-state index contributed by atoms with van der Waals surface area (Å²) in [5.74, 6) is 0.806. The van der Waals surface area contributed by atoms with Crippen LogP contribution >= 0.6 is 11.8 Å². The Morgan fingerprint density at radius 3 is 2.48 bits per heavy atom. The molecule has 0 aliphatic carbocycles. The lowest BCUT2D eigenvalue weighted by atomic mass is 10.2. The SMILES string of the molecule is O=Cc1ccc(SCc2ccn(-c3ccccc3)n2)cc1. The Bertz CT molecular complexity index is 720. The number of nitrogens with zero attached hydrogens (tertiary/aromatic N) is 2. The number of aromatic nitrogens is 2. The molecule has 4 heteroatoms. The van der Waals surface area contributed by atoms with Crippen LogP contribution in [-0.2, 0) is 5.75 Å². The molecule has 0 saturated heterocycles. The first-order valence-electron chi connectivity index (χ1n) is 6.63. The van der Waals surface area contributed by atoms with Gasteiger partial charge in [-0.15, -0.1) is 11.8 Å². The highest BCUT2D eigenvalue weighted by Gasteiger charge is 2.02. The quantitative estimate of drug-likeness (QED) is 0.527. The first kappa shape index (κ1) is 13.6. The Morgan fingerprint density at radius 2 is 1.76 bits per heavy atom. The van der Waals surface area contributed by atoms with Crippen molar-refractivity contribution in [1.82, 2.24) is 9.78 Å². The second kappa shape index (κ2) is 6.41. The van der Waals surface area contributed by atoms with E-state index in [0.717, 1.165) is 28.3 Å². The van der Waals surface area contributed by atoms with Gasteiger partial charge < -0.3 is 0 Å². The molecule has 3 nitrogen and oxygen atoms in total. The molecule has 0 aliphatic rings. The van der Waals surface area contributed by atoms with Gasteiger partial charge in [0.15, 0.2) is 0 Å². The van der Waals surface area contributed by atoms with Crippen LogP contribution in [-0.4, -0.2) is 16.1 Å². The van der Waals surface area contributed by atoms with Gasteiger partial charge in [0.1, 0.15) is 6.29 Å². The molecule has 2 aromatic carbocycles. The van der Waals surface area contributed by atoms with Gasteiger partial charge in [-0.3, -0.25) is 4.79 Å². The molecule has 0 amide bonds. The molecule has 104 valence electrons. The average molecular weight is 294 g/mol. The average Bonchev–Trinajstić information content (AvgIpc) is 3.03. The van der Waals surface area contributed by atoms with Crippen LogP contribution in [0, 0.1) is 0 Å². The number of carbonyl (C=O) groups excluding carboxylic acids is 1. The molecule has 0 unspecified atom stereocenters. The number of aldehydes is 1. The molecule has 0 fully saturated rings. The van der Waals surface area contributed by atoms with Crippen molar-refractivity contribution in [3.63, 3.8) is 0 Å². The zero-order chi connectivity index (χ0) is 14.5. The van der Waals surface area contributed by atoms with E-state index in [0.29, 0.717) is 5.56 Å². The normalized spacial score (nSPS) is 10.5. The second-order valence-electron chi connectivity index (χ2n) is 4.56. The highest BCUT2D eigenvalue weighted by molar-refractivity contribution is 7.98. The number of hydrogen-bond donors (Lipinski definition) is 0. The largest absolute Gasteiger partial charge is 0.298 e. The first-order chi connectivity index (χ1) is 10.3. The Hall–Kier alpha value is -2.33. The lowest BCUT2D eigenvalue weighted by Crippen LogP contribution is -1.94. The van der Waals surface area contributed by atoms with Crippen LogP contribution in [0.25, 0.3) is 5.69 Å². The predicted octanol–water partition coefficient (Wildman–Crippen LogP) is 3.98. The number of carbonyl (C=O) groups is 1. The summed E-state index contributed by atoms with van der Waals surface area (Å²) in [4.78, 5) is 11.7. The van der Waals surface area contributed by atoms with Crippen molar-refractivity contribution in [1.29, 1.82) is 0 Å². The topological polar surface area (TPSA) is 34.9 Å². The van der Waals surface area contributed by atoms with Crippen LogP contribution in [0.5, 0.6) is 0 Å². The van der Waals surface area contributed by atoms with Crippen molar-refractivity contribution in [3.8, 4) is 5.69 Å². The maximum Gasteiger partial charge on any atom is 0.150 e. The number of benzene rings is 2. The third-order valence-electron chi connectivity index (χ3n) is 3.07. The number of hydrogen-bond acceptors (Lipinski definition) is 3. The van der Waals surface area contributed by atoms with Crippen molar-refractivity contribution in [3.05, 3.63) is 78.1 Å². The van der Waals surface area contributed by atoms with Gasteiger partial charge in [-0.1, -0.05) is 30.3 Å². The summed E-state index contributed by atoms with van der Waals surface area (Å²) in [6.07, 6.45) is 2.83. The Morgan fingerprint density at radius 1 is 1.00 bits per heavy atom. The molecule has 0 N–H and O–H groups in total. The lowest BCUT2D eigenvalue weighted by molar-refractivity contribution is 0.112. The van der Waals surface area contributed by atoms with Gasteiger partial charge in [-0.25, -0.2) is 4.68 Å². The van der Waals surface area contributed by atoms with Crippen LogP contribution in [0.3, 0.4) is 0 Å². The molecule has 0 bridgehead atoms. The van der Waals surface area contributed by atoms with E-state index >= 15 is 0 Å². The van der Waals surface area contributed by atoms with Crippen molar-refractivity contribution < 1.29 is 4.79 Å². The van der Waals surface area contributed by atoms with Crippen LogP contribution in [0.2, 0.25) is 0 Å². The maximum atomic E-state index is 10.6. The molecule has 3 aromatic rings. The summed E-state index contributed by atoms with van der Waals surface area (Å²) in [5, 5.41) is 4.57. The van der Waals surface area contributed by atoms with Gasteiger partial charge in [-0.2, -0.15) is 5.10 Å². The maximum absolute atomic E-state index is 10.6. The molecule has 21 heavy (non-hydrogen) atoms. The summed E-state index contributed by atoms with van der Waals surface area (Å²) in [5.41, 5.74) is 2.79. The van der Waals surface area contributed by atoms with Gasteiger partial charge in [0.25, 0.3) is 0 Å². The van der Waals surface area contributed by atoms with Gasteiger partial charge >= 0.3 is 0 Å². The van der Waals surface area contributed by atoms with Crippen molar-refractivity contribution in [2.75, 3.05) is 0 Å². The Kier molecular flexibility index (Phi) is 4.17. The van der Waals surface area contributed by atoms with Crippen molar-refractivity contribution in [2.45, 2.75) is 10.6 Å². The van der Waals surface area contributed by atoms with E-state index in [1.807, 2.05) is 71.5 Å². The van der Waals surface area contributed by atoms with E-state index in [9.17, 15) is 4.79 Å². The summed E-state index contributed by atoms with van der Waals surface area (Å²) in [7, 11) is 0. The zero-order valence-electron chi connectivity index (χ0n) is 11.3. The molecule has 3 rings (SSSR count). The molecule has 0 aliphatic heterocycles. The molecule has 0 atom stereocenters. The molecule has 0 radical (unpaired) electrons.